The maximum Gasteiger partial charge on any atom is 0.224 e. The quantitative estimate of drug-likeness (QED) is 0.822. The summed E-state index contributed by atoms with van der Waals surface area (Å²) >= 11 is 0. The van der Waals surface area contributed by atoms with Gasteiger partial charge >= 0.3 is 0 Å². The number of hydrogen-bond acceptors (Lipinski definition) is 2. The van der Waals surface area contributed by atoms with Crippen LogP contribution in [0, 0.1) is 5.92 Å². The Morgan fingerprint density at radius 1 is 1.04 bits per heavy atom. The van der Waals surface area contributed by atoms with E-state index in [1.165, 1.54) is 0 Å². The molecule has 0 heterocycles. The van der Waals surface area contributed by atoms with Crippen LogP contribution in [0.4, 0.5) is 0 Å². The highest BCUT2D eigenvalue weighted by molar-refractivity contribution is 5.78. The second kappa shape index (κ2) is 8.49. The molecule has 2 aromatic carbocycles. The smallest absolute Gasteiger partial charge is 0.224 e. The van der Waals surface area contributed by atoms with E-state index >= 15 is 0 Å². The van der Waals surface area contributed by atoms with Crippen LogP contribution < -0.4 is 5.32 Å². The highest BCUT2D eigenvalue weighted by atomic mass is 16.3. The van der Waals surface area contributed by atoms with E-state index in [9.17, 15) is 9.90 Å². The highest BCUT2D eigenvalue weighted by Gasteiger charge is 2.25. The van der Waals surface area contributed by atoms with Crippen molar-refractivity contribution in [2.75, 3.05) is 0 Å². The van der Waals surface area contributed by atoms with Gasteiger partial charge in [0.15, 0.2) is 0 Å². The van der Waals surface area contributed by atoms with E-state index in [-0.39, 0.29) is 17.9 Å². The standard InChI is InChI=1S/C20H25NO2/c1-3-18(15(2)20(23)17-12-8-5-9-13-17)21-19(22)14-16-10-6-4-7-11-16/h4-13,15,18,20,23H,3,14H2,1-2H3,(H,21,22). The molecule has 0 aliphatic heterocycles. The first-order chi connectivity index (χ1) is 11.1. The number of carbonyl (C=O) groups is 1. The van der Waals surface area contributed by atoms with Crippen molar-refractivity contribution in [3.8, 4) is 0 Å². The minimum atomic E-state index is -0.585. The number of benzene rings is 2. The molecule has 3 heteroatoms. The van der Waals surface area contributed by atoms with Gasteiger partial charge in [-0.2, -0.15) is 0 Å². The summed E-state index contributed by atoms with van der Waals surface area (Å²) < 4.78 is 0. The maximum absolute atomic E-state index is 12.3. The zero-order valence-corrected chi connectivity index (χ0v) is 13.8. The molecule has 0 saturated heterocycles. The van der Waals surface area contributed by atoms with E-state index in [4.69, 9.17) is 0 Å². The van der Waals surface area contributed by atoms with E-state index in [0.717, 1.165) is 17.5 Å². The fourth-order valence-electron chi connectivity index (χ4n) is 2.82. The summed E-state index contributed by atoms with van der Waals surface area (Å²) in [4.78, 5) is 12.3. The van der Waals surface area contributed by atoms with E-state index in [0.29, 0.717) is 6.42 Å². The largest absolute Gasteiger partial charge is 0.388 e. The van der Waals surface area contributed by atoms with Gasteiger partial charge in [0.05, 0.1) is 12.5 Å². The predicted octanol–water partition coefficient (Wildman–Crippen LogP) is 3.49. The minimum absolute atomic E-state index is 0.00448. The van der Waals surface area contributed by atoms with Crippen LogP contribution in [0.5, 0.6) is 0 Å². The molecule has 2 rings (SSSR count). The Morgan fingerprint density at radius 2 is 1.61 bits per heavy atom. The van der Waals surface area contributed by atoms with Crippen molar-refractivity contribution in [2.24, 2.45) is 5.92 Å². The number of carbonyl (C=O) groups excluding carboxylic acids is 1. The second-order valence-electron chi connectivity index (χ2n) is 5.96. The van der Waals surface area contributed by atoms with Gasteiger partial charge in [0.2, 0.25) is 5.91 Å². The first-order valence-corrected chi connectivity index (χ1v) is 8.18. The Labute approximate surface area is 138 Å². The molecule has 122 valence electrons. The Hall–Kier alpha value is -2.13. The lowest BCUT2D eigenvalue weighted by Gasteiger charge is -2.28. The molecule has 0 aliphatic rings. The zero-order valence-electron chi connectivity index (χ0n) is 13.8. The number of amides is 1. The van der Waals surface area contributed by atoms with Gasteiger partial charge in [0.1, 0.15) is 0 Å². The monoisotopic (exact) mass is 311 g/mol. The molecule has 0 saturated carbocycles. The van der Waals surface area contributed by atoms with E-state index < -0.39 is 6.10 Å². The Morgan fingerprint density at radius 3 is 2.17 bits per heavy atom. The first-order valence-electron chi connectivity index (χ1n) is 8.18. The van der Waals surface area contributed by atoms with Crippen molar-refractivity contribution in [1.82, 2.24) is 5.32 Å². The van der Waals surface area contributed by atoms with Crippen LogP contribution in [0.15, 0.2) is 60.7 Å². The molecule has 3 nitrogen and oxygen atoms in total. The third-order valence-electron chi connectivity index (χ3n) is 4.27. The second-order valence-corrected chi connectivity index (χ2v) is 5.96. The summed E-state index contributed by atoms with van der Waals surface area (Å²) in [6, 6.07) is 19.2. The Bertz CT molecular complexity index is 598. The average molecular weight is 311 g/mol. The predicted molar refractivity (Wildman–Crippen MR) is 92.9 cm³/mol. The molecule has 0 spiro atoms. The normalized spacial score (nSPS) is 14.7. The molecule has 23 heavy (non-hydrogen) atoms. The fraction of sp³-hybridized carbons (Fsp3) is 0.350. The first kappa shape index (κ1) is 17.2. The van der Waals surface area contributed by atoms with Crippen LogP contribution in [-0.2, 0) is 11.2 Å². The SMILES string of the molecule is CCC(NC(=O)Cc1ccccc1)C(C)C(O)c1ccccc1. The fourth-order valence-corrected chi connectivity index (χ4v) is 2.82. The third-order valence-corrected chi connectivity index (χ3v) is 4.27. The molecular weight excluding hydrogens is 286 g/mol. The molecule has 0 aromatic heterocycles. The molecule has 3 unspecified atom stereocenters. The van der Waals surface area contributed by atoms with Gasteiger partial charge in [-0.1, -0.05) is 74.5 Å². The number of aliphatic hydroxyl groups is 1. The highest BCUT2D eigenvalue weighted by Crippen LogP contribution is 2.25. The summed E-state index contributed by atoms with van der Waals surface area (Å²) in [5.41, 5.74) is 1.88. The van der Waals surface area contributed by atoms with Crippen molar-refractivity contribution in [1.29, 1.82) is 0 Å². The van der Waals surface area contributed by atoms with Crippen LogP contribution in [0.2, 0.25) is 0 Å². The van der Waals surface area contributed by atoms with Gasteiger partial charge in [-0.05, 0) is 17.5 Å². The lowest BCUT2D eigenvalue weighted by molar-refractivity contribution is -0.121. The molecule has 0 bridgehead atoms. The molecule has 0 fully saturated rings. The van der Waals surface area contributed by atoms with Crippen molar-refractivity contribution < 1.29 is 9.90 Å². The Balaban J connectivity index is 1.97. The van der Waals surface area contributed by atoms with Gasteiger partial charge in [0.25, 0.3) is 0 Å². The van der Waals surface area contributed by atoms with Crippen molar-refractivity contribution in [3.05, 3.63) is 71.8 Å². The summed E-state index contributed by atoms with van der Waals surface area (Å²) in [6.45, 7) is 4.01. The number of nitrogens with one attached hydrogen (secondary N) is 1. The van der Waals surface area contributed by atoms with Crippen LogP contribution >= 0.6 is 0 Å². The van der Waals surface area contributed by atoms with Crippen LogP contribution in [0.25, 0.3) is 0 Å². The van der Waals surface area contributed by atoms with Gasteiger partial charge in [-0.25, -0.2) is 0 Å². The molecule has 2 N–H and O–H groups in total. The van der Waals surface area contributed by atoms with E-state index in [1.807, 2.05) is 74.5 Å². The third kappa shape index (κ3) is 4.93. The van der Waals surface area contributed by atoms with Crippen LogP contribution in [0.3, 0.4) is 0 Å². The van der Waals surface area contributed by atoms with Crippen LogP contribution in [0.1, 0.15) is 37.5 Å². The summed E-state index contributed by atoms with van der Waals surface area (Å²) in [5, 5.41) is 13.6. The number of hydrogen-bond donors (Lipinski definition) is 2. The molecule has 0 aliphatic carbocycles. The van der Waals surface area contributed by atoms with Gasteiger partial charge < -0.3 is 10.4 Å². The summed E-state index contributed by atoms with van der Waals surface area (Å²) in [7, 11) is 0. The lowest BCUT2D eigenvalue weighted by atomic mass is 9.89. The summed E-state index contributed by atoms with van der Waals surface area (Å²) in [5.74, 6) is -0.0581. The molecular formula is C20H25NO2. The molecule has 1 amide bonds. The van der Waals surface area contributed by atoms with Crippen molar-refractivity contribution >= 4 is 5.91 Å². The number of aliphatic hydroxyl groups excluding tert-OH is 1. The van der Waals surface area contributed by atoms with Crippen LogP contribution in [-0.4, -0.2) is 17.1 Å². The molecule has 0 radical (unpaired) electrons. The van der Waals surface area contributed by atoms with Crippen molar-refractivity contribution in [3.63, 3.8) is 0 Å². The molecule has 2 aromatic rings. The lowest BCUT2D eigenvalue weighted by Crippen LogP contribution is -2.41. The van der Waals surface area contributed by atoms with E-state index in [2.05, 4.69) is 5.32 Å². The molecule has 3 atom stereocenters. The van der Waals surface area contributed by atoms with Crippen molar-refractivity contribution in [2.45, 2.75) is 38.8 Å². The average Bonchev–Trinajstić information content (AvgIpc) is 2.60. The topological polar surface area (TPSA) is 49.3 Å². The van der Waals surface area contributed by atoms with Gasteiger partial charge in [0, 0.05) is 12.0 Å². The number of rotatable bonds is 7. The minimum Gasteiger partial charge on any atom is -0.388 e. The zero-order chi connectivity index (χ0) is 16.7. The van der Waals surface area contributed by atoms with Gasteiger partial charge in [-0.15, -0.1) is 0 Å². The summed E-state index contributed by atoms with van der Waals surface area (Å²) in [6.07, 6.45) is 0.565. The Kier molecular flexibility index (Phi) is 6.36. The van der Waals surface area contributed by atoms with E-state index in [1.54, 1.807) is 0 Å². The maximum atomic E-state index is 12.3. The van der Waals surface area contributed by atoms with Gasteiger partial charge in [-0.3, -0.25) is 4.79 Å².